The van der Waals surface area contributed by atoms with Gasteiger partial charge in [-0.2, -0.15) is 0 Å². The van der Waals surface area contributed by atoms with Gasteiger partial charge in [-0.05, 0) is 24.3 Å². The molecule has 0 bridgehead atoms. The molecule has 0 unspecified atom stereocenters. The Bertz CT molecular complexity index is 1080. The van der Waals surface area contributed by atoms with Gasteiger partial charge in [-0.1, -0.05) is 12.1 Å². The van der Waals surface area contributed by atoms with Gasteiger partial charge in [0.1, 0.15) is 11.4 Å². The summed E-state index contributed by atoms with van der Waals surface area (Å²) in [4.78, 5) is 29.2. The van der Waals surface area contributed by atoms with E-state index in [0.29, 0.717) is 39.3 Å². The predicted molar refractivity (Wildman–Crippen MR) is 107 cm³/mol. The molecule has 1 heterocycles. The van der Waals surface area contributed by atoms with E-state index in [0.717, 1.165) is 0 Å². The van der Waals surface area contributed by atoms with Crippen molar-refractivity contribution >= 4 is 28.3 Å². The van der Waals surface area contributed by atoms with E-state index < -0.39 is 6.09 Å². The number of nitrogens with zero attached hydrogens (tertiary/aromatic N) is 1. The van der Waals surface area contributed by atoms with Gasteiger partial charge in [-0.25, -0.2) is 9.78 Å². The lowest BCUT2D eigenvalue weighted by molar-refractivity contribution is 0.103. The second kappa shape index (κ2) is 8.47. The van der Waals surface area contributed by atoms with E-state index in [1.54, 1.807) is 36.4 Å². The van der Waals surface area contributed by atoms with Gasteiger partial charge in [-0.15, -0.1) is 0 Å². The summed E-state index contributed by atoms with van der Waals surface area (Å²) < 4.78 is 20.6. The molecule has 0 atom stereocenters. The Labute approximate surface area is 167 Å². The van der Waals surface area contributed by atoms with Crippen molar-refractivity contribution in [3.05, 3.63) is 53.9 Å². The van der Waals surface area contributed by atoms with Crippen LogP contribution in [0.4, 0.5) is 10.5 Å². The third-order valence-corrected chi connectivity index (χ3v) is 4.36. The highest BCUT2D eigenvalue weighted by molar-refractivity contribution is 6.17. The van der Waals surface area contributed by atoms with Crippen LogP contribution in [0.5, 0.6) is 17.2 Å². The summed E-state index contributed by atoms with van der Waals surface area (Å²) in [5.41, 5.74) is 0.987. The second-order valence-corrected chi connectivity index (χ2v) is 5.95. The molecule has 150 valence electrons. The van der Waals surface area contributed by atoms with Crippen molar-refractivity contribution in [3.8, 4) is 17.2 Å². The van der Waals surface area contributed by atoms with Gasteiger partial charge in [0.15, 0.2) is 11.5 Å². The van der Waals surface area contributed by atoms with E-state index in [-0.39, 0.29) is 11.5 Å². The quantitative estimate of drug-likeness (QED) is 0.635. The van der Waals surface area contributed by atoms with Gasteiger partial charge in [-0.3, -0.25) is 10.1 Å². The highest BCUT2D eigenvalue weighted by atomic mass is 16.5. The maximum Gasteiger partial charge on any atom is 0.411 e. The molecule has 1 amide bonds. The molecule has 0 saturated carbocycles. The highest BCUT2D eigenvalue weighted by Gasteiger charge is 2.20. The number of amides is 1. The summed E-state index contributed by atoms with van der Waals surface area (Å²) >= 11 is 0. The van der Waals surface area contributed by atoms with Crippen LogP contribution in [-0.4, -0.2) is 45.3 Å². The number of hydrogen-bond donors (Lipinski definition) is 1. The molecule has 8 heteroatoms. The molecule has 3 aromatic rings. The minimum atomic E-state index is -0.658. The van der Waals surface area contributed by atoms with E-state index in [1.165, 1.54) is 34.6 Å². The average Bonchev–Trinajstić information content (AvgIpc) is 2.77. The van der Waals surface area contributed by atoms with E-state index in [1.807, 2.05) is 0 Å². The summed E-state index contributed by atoms with van der Waals surface area (Å²) in [6, 6.07) is 10.1. The average molecular weight is 396 g/mol. The first-order valence-electron chi connectivity index (χ1n) is 8.60. The molecular weight excluding hydrogens is 376 g/mol. The number of pyridine rings is 1. The Morgan fingerprint density at radius 3 is 2.21 bits per heavy atom. The minimum Gasteiger partial charge on any atom is -0.497 e. The van der Waals surface area contributed by atoms with Gasteiger partial charge in [0.05, 0.1) is 40.3 Å². The van der Waals surface area contributed by atoms with Crippen molar-refractivity contribution < 1.29 is 28.5 Å². The number of carbonyl (C=O) groups is 2. The van der Waals surface area contributed by atoms with Crippen molar-refractivity contribution in [2.24, 2.45) is 0 Å². The first-order valence-corrected chi connectivity index (χ1v) is 8.60. The van der Waals surface area contributed by atoms with Crippen molar-refractivity contribution in [2.45, 2.75) is 0 Å². The number of hydrogen-bond acceptors (Lipinski definition) is 7. The largest absolute Gasteiger partial charge is 0.497 e. The van der Waals surface area contributed by atoms with Crippen molar-refractivity contribution in [2.75, 3.05) is 33.8 Å². The first-order chi connectivity index (χ1) is 14.0. The van der Waals surface area contributed by atoms with Gasteiger partial charge < -0.3 is 18.9 Å². The minimum absolute atomic E-state index is 0.199. The molecule has 1 aromatic heterocycles. The van der Waals surface area contributed by atoms with Crippen molar-refractivity contribution in [1.82, 2.24) is 4.98 Å². The number of ketones is 1. The zero-order valence-corrected chi connectivity index (χ0v) is 16.4. The summed E-state index contributed by atoms with van der Waals surface area (Å²) in [5.74, 6) is 1.13. The van der Waals surface area contributed by atoms with Crippen LogP contribution in [0, 0.1) is 0 Å². The lowest BCUT2D eigenvalue weighted by Crippen LogP contribution is -2.13. The maximum atomic E-state index is 13.2. The second-order valence-electron chi connectivity index (χ2n) is 5.95. The molecule has 8 nitrogen and oxygen atoms in total. The SMILES string of the molecule is COC(=O)Nc1cnc(C(=O)c2cccc(OC)c2)c2cc(OC)c(OC)cc12. The monoisotopic (exact) mass is 396 g/mol. The summed E-state index contributed by atoms with van der Waals surface area (Å²) in [5, 5.41) is 3.64. The molecule has 0 radical (unpaired) electrons. The number of rotatable bonds is 6. The summed E-state index contributed by atoms with van der Waals surface area (Å²) in [7, 11) is 5.79. The van der Waals surface area contributed by atoms with E-state index in [2.05, 4.69) is 15.0 Å². The Hall–Kier alpha value is -3.81. The fraction of sp³-hybridized carbons (Fsp3) is 0.190. The third-order valence-electron chi connectivity index (χ3n) is 4.36. The molecule has 0 aliphatic rings. The number of anilines is 1. The first kappa shape index (κ1) is 19.9. The molecule has 0 spiro atoms. The standard InChI is InChI=1S/C21H20N2O6/c1-26-13-7-5-6-12(8-13)20(24)19-15-10-18(28-3)17(27-2)9-14(15)16(11-22-19)23-21(25)29-4/h5-11H,1-4H3,(H,23,25). The van der Waals surface area contributed by atoms with Crippen molar-refractivity contribution in [3.63, 3.8) is 0 Å². The Morgan fingerprint density at radius 2 is 1.59 bits per heavy atom. The number of methoxy groups -OCH3 is 4. The fourth-order valence-corrected chi connectivity index (χ4v) is 2.91. The summed E-state index contributed by atoms with van der Waals surface area (Å²) in [6.07, 6.45) is 0.744. The van der Waals surface area contributed by atoms with Crippen LogP contribution in [0.3, 0.4) is 0 Å². The molecule has 0 fully saturated rings. The molecule has 2 aromatic carbocycles. The molecule has 0 saturated heterocycles. The van der Waals surface area contributed by atoms with E-state index in [4.69, 9.17) is 14.2 Å². The lowest BCUT2D eigenvalue weighted by Gasteiger charge is -2.14. The van der Waals surface area contributed by atoms with Crippen molar-refractivity contribution in [1.29, 1.82) is 0 Å². The molecule has 3 rings (SSSR count). The topological polar surface area (TPSA) is 96.0 Å². The molecule has 1 N–H and O–H groups in total. The molecular formula is C21H20N2O6. The van der Waals surface area contributed by atoms with Gasteiger partial charge in [0, 0.05) is 16.3 Å². The highest BCUT2D eigenvalue weighted by Crippen LogP contribution is 2.37. The van der Waals surface area contributed by atoms with Crippen LogP contribution < -0.4 is 19.5 Å². The van der Waals surface area contributed by atoms with Gasteiger partial charge in [0.2, 0.25) is 5.78 Å². The normalized spacial score (nSPS) is 10.3. The van der Waals surface area contributed by atoms with Crippen LogP contribution in [0.1, 0.15) is 16.1 Å². The number of carbonyl (C=O) groups excluding carboxylic acids is 2. The number of fused-ring (bicyclic) bond motifs is 1. The zero-order chi connectivity index (χ0) is 21.0. The Morgan fingerprint density at radius 1 is 0.897 bits per heavy atom. The van der Waals surface area contributed by atoms with Crippen LogP contribution in [-0.2, 0) is 4.74 Å². The molecule has 29 heavy (non-hydrogen) atoms. The summed E-state index contributed by atoms with van der Waals surface area (Å²) in [6.45, 7) is 0. The number of benzene rings is 2. The number of aromatic nitrogens is 1. The number of nitrogens with one attached hydrogen (secondary N) is 1. The third kappa shape index (κ3) is 3.91. The predicted octanol–water partition coefficient (Wildman–Crippen LogP) is 3.67. The fourth-order valence-electron chi connectivity index (χ4n) is 2.91. The van der Waals surface area contributed by atoms with Crippen LogP contribution >= 0.6 is 0 Å². The zero-order valence-electron chi connectivity index (χ0n) is 16.4. The van der Waals surface area contributed by atoms with Gasteiger partial charge >= 0.3 is 6.09 Å². The lowest BCUT2D eigenvalue weighted by atomic mass is 10.0. The van der Waals surface area contributed by atoms with E-state index >= 15 is 0 Å². The van der Waals surface area contributed by atoms with Crippen LogP contribution in [0.25, 0.3) is 10.8 Å². The molecule has 0 aliphatic carbocycles. The van der Waals surface area contributed by atoms with E-state index in [9.17, 15) is 9.59 Å². The molecule has 0 aliphatic heterocycles. The van der Waals surface area contributed by atoms with Crippen LogP contribution in [0.2, 0.25) is 0 Å². The Balaban J connectivity index is 2.22. The number of ether oxygens (including phenoxy) is 4. The Kier molecular flexibility index (Phi) is 5.82. The van der Waals surface area contributed by atoms with Crippen LogP contribution in [0.15, 0.2) is 42.6 Å². The smallest absolute Gasteiger partial charge is 0.411 e. The van der Waals surface area contributed by atoms with Gasteiger partial charge in [0.25, 0.3) is 0 Å². The maximum absolute atomic E-state index is 13.2.